The molecule has 7 nitrogen and oxygen atoms in total. The summed E-state index contributed by atoms with van der Waals surface area (Å²) in [6.07, 6.45) is -0.402. The minimum absolute atomic E-state index is 0.342. The third kappa shape index (κ3) is 2.44. The van der Waals surface area contributed by atoms with Gasteiger partial charge in [0.2, 0.25) is 12.5 Å². The molecule has 0 aromatic heterocycles. The highest BCUT2D eigenvalue weighted by Crippen LogP contribution is 2.44. The van der Waals surface area contributed by atoms with Crippen LogP contribution >= 0.6 is 11.6 Å². The van der Waals surface area contributed by atoms with E-state index >= 15 is 0 Å². The molecule has 0 unspecified atom stereocenters. The van der Waals surface area contributed by atoms with E-state index in [9.17, 15) is 19.7 Å². The van der Waals surface area contributed by atoms with Gasteiger partial charge in [-0.25, -0.2) is 0 Å². The van der Waals surface area contributed by atoms with Gasteiger partial charge in [-0.1, -0.05) is 11.6 Å². The van der Waals surface area contributed by atoms with Crippen molar-refractivity contribution in [1.82, 2.24) is 0 Å². The third-order valence-corrected chi connectivity index (χ3v) is 3.86. The zero-order chi connectivity index (χ0) is 15.8. The molecule has 0 aliphatic carbocycles. The molecule has 1 aromatic carbocycles. The lowest BCUT2D eigenvalue weighted by atomic mass is 9.78. The Morgan fingerprint density at radius 3 is 2.76 bits per heavy atom. The van der Waals surface area contributed by atoms with Crippen LogP contribution in [0.25, 0.3) is 0 Å². The molecule has 1 atom stereocenters. The summed E-state index contributed by atoms with van der Waals surface area (Å²) in [6, 6.07) is 4.68. The molecule has 1 amide bonds. The normalized spacial score (nSPS) is 20.3. The molecule has 0 bridgehead atoms. The van der Waals surface area contributed by atoms with Crippen molar-refractivity contribution in [2.75, 3.05) is 25.6 Å². The second kappa shape index (κ2) is 5.33. The lowest BCUT2D eigenvalue weighted by Gasteiger charge is -2.22. The Kier molecular flexibility index (Phi) is 3.87. The number of carbonyl (C=O) groups excluding carboxylic acids is 2. The number of likely N-dealkylation sites (N-methyl/N-ethyl adjacent to an activating group) is 1. The maximum Gasteiger partial charge on any atom is 0.307 e. The summed E-state index contributed by atoms with van der Waals surface area (Å²) in [7, 11) is 2.68. The van der Waals surface area contributed by atoms with E-state index in [-0.39, 0.29) is 0 Å². The maximum absolute atomic E-state index is 12.6. The second-order valence-electron chi connectivity index (χ2n) is 4.85. The summed E-state index contributed by atoms with van der Waals surface area (Å²) >= 11 is 5.94. The van der Waals surface area contributed by atoms with E-state index in [0.717, 1.165) is 0 Å². The zero-order valence-electron chi connectivity index (χ0n) is 11.5. The van der Waals surface area contributed by atoms with Gasteiger partial charge in [0.15, 0.2) is 5.41 Å². The molecule has 0 saturated carbocycles. The molecule has 0 spiro atoms. The number of amides is 1. The van der Waals surface area contributed by atoms with Crippen LogP contribution in [0, 0.1) is 10.1 Å². The Hall–Kier alpha value is -2.15. The number of fused-ring (bicyclic) bond motifs is 1. The van der Waals surface area contributed by atoms with Crippen LogP contribution in [0.1, 0.15) is 12.0 Å². The molecule has 0 fully saturated rings. The number of rotatable bonds is 4. The fourth-order valence-electron chi connectivity index (χ4n) is 2.65. The topological polar surface area (TPSA) is 89.7 Å². The van der Waals surface area contributed by atoms with Gasteiger partial charge in [-0.2, -0.15) is 0 Å². The Morgan fingerprint density at radius 2 is 2.19 bits per heavy atom. The standard InChI is InChI=1S/C13H13ClN2O5/c1-15-10-4-3-8(14)5-9(10)13(12(15)18,7-16(19)20)6-11(17)21-2/h3-5H,6-7H2,1-2H3/t13-/m1/s1. The van der Waals surface area contributed by atoms with E-state index in [1.54, 1.807) is 12.1 Å². The van der Waals surface area contributed by atoms with Crippen molar-refractivity contribution in [3.05, 3.63) is 38.9 Å². The maximum atomic E-state index is 12.6. The van der Waals surface area contributed by atoms with E-state index in [1.807, 2.05) is 0 Å². The third-order valence-electron chi connectivity index (χ3n) is 3.62. The fourth-order valence-corrected chi connectivity index (χ4v) is 2.82. The monoisotopic (exact) mass is 312 g/mol. The van der Waals surface area contributed by atoms with Crippen LogP contribution in [0.15, 0.2) is 18.2 Å². The van der Waals surface area contributed by atoms with Crippen molar-refractivity contribution < 1.29 is 19.2 Å². The highest BCUT2D eigenvalue weighted by atomic mass is 35.5. The lowest BCUT2D eigenvalue weighted by Crippen LogP contribution is -2.45. The van der Waals surface area contributed by atoms with Gasteiger partial charge in [0, 0.05) is 28.2 Å². The number of nitro groups is 1. The second-order valence-corrected chi connectivity index (χ2v) is 5.29. The van der Waals surface area contributed by atoms with Crippen LogP contribution in [0.5, 0.6) is 0 Å². The van der Waals surface area contributed by atoms with Crippen LogP contribution in [0.2, 0.25) is 5.02 Å². The number of anilines is 1. The summed E-state index contributed by atoms with van der Waals surface area (Å²) in [6.45, 7) is -0.696. The molecule has 0 N–H and O–H groups in total. The molecule has 0 saturated heterocycles. The SMILES string of the molecule is COC(=O)C[C@]1(C[N+](=O)[O-])C(=O)N(C)c2ccc(Cl)cc21. The minimum Gasteiger partial charge on any atom is -0.469 e. The number of benzene rings is 1. The summed E-state index contributed by atoms with van der Waals surface area (Å²) in [5.74, 6) is -1.20. The van der Waals surface area contributed by atoms with Gasteiger partial charge in [-0.3, -0.25) is 19.7 Å². The van der Waals surface area contributed by atoms with E-state index < -0.39 is 35.2 Å². The average molecular weight is 313 g/mol. The number of hydrogen-bond donors (Lipinski definition) is 0. The molecule has 112 valence electrons. The number of nitrogens with zero attached hydrogens (tertiary/aromatic N) is 2. The number of ether oxygens (including phenoxy) is 1. The molecule has 21 heavy (non-hydrogen) atoms. The first-order valence-corrected chi connectivity index (χ1v) is 6.46. The molecular formula is C13H13ClN2O5. The lowest BCUT2D eigenvalue weighted by molar-refractivity contribution is -0.487. The Bertz CT molecular complexity index is 633. The average Bonchev–Trinajstić information content (AvgIpc) is 2.61. The van der Waals surface area contributed by atoms with E-state index in [1.165, 1.54) is 25.1 Å². The summed E-state index contributed by atoms with van der Waals surface area (Å²) in [5.41, 5.74) is -0.689. The van der Waals surface area contributed by atoms with Crippen LogP contribution < -0.4 is 4.90 Å². The van der Waals surface area contributed by atoms with Crippen molar-refractivity contribution in [3.8, 4) is 0 Å². The van der Waals surface area contributed by atoms with Crippen molar-refractivity contribution >= 4 is 29.2 Å². The first-order valence-electron chi connectivity index (χ1n) is 6.08. The number of methoxy groups -OCH3 is 1. The number of esters is 1. The first kappa shape index (κ1) is 15.2. The van der Waals surface area contributed by atoms with E-state index in [0.29, 0.717) is 16.3 Å². The van der Waals surface area contributed by atoms with Crippen LogP contribution in [0.4, 0.5) is 5.69 Å². The number of carbonyl (C=O) groups is 2. The Morgan fingerprint density at radius 1 is 1.52 bits per heavy atom. The molecule has 2 rings (SSSR count). The molecule has 1 heterocycles. The number of hydrogen-bond acceptors (Lipinski definition) is 5. The zero-order valence-corrected chi connectivity index (χ0v) is 12.2. The van der Waals surface area contributed by atoms with Crippen molar-refractivity contribution in [3.63, 3.8) is 0 Å². The van der Waals surface area contributed by atoms with Gasteiger partial charge in [0.1, 0.15) is 0 Å². The highest BCUT2D eigenvalue weighted by Gasteiger charge is 2.55. The van der Waals surface area contributed by atoms with Gasteiger partial charge in [-0.15, -0.1) is 0 Å². The smallest absolute Gasteiger partial charge is 0.307 e. The van der Waals surface area contributed by atoms with Crippen LogP contribution in [-0.2, 0) is 19.7 Å². The molecule has 1 aliphatic heterocycles. The largest absolute Gasteiger partial charge is 0.469 e. The minimum atomic E-state index is -1.58. The Labute approximate surface area is 125 Å². The van der Waals surface area contributed by atoms with Crippen LogP contribution in [-0.4, -0.2) is 37.5 Å². The summed E-state index contributed by atoms with van der Waals surface area (Å²) in [5, 5.41) is 11.4. The summed E-state index contributed by atoms with van der Waals surface area (Å²) in [4.78, 5) is 35.9. The van der Waals surface area contributed by atoms with E-state index in [2.05, 4.69) is 4.74 Å². The molecule has 1 aromatic rings. The molecule has 1 aliphatic rings. The van der Waals surface area contributed by atoms with Gasteiger partial charge in [0.25, 0.3) is 0 Å². The van der Waals surface area contributed by atoms with Crippen molar-refractivity contribution in [2.45, 2.75) is 11.8 Å². The highest BCUT2D eigenvalue weighted by molar-refractivity contribution is 6.31. The van der Waals surface area contributed by atoms with Gasteiger partial charge in [-0.05, 0) is 18.2 Å². The first-order chi connectivity index (χ1) is 9.81. The quantitative estimate of drug-likeness (QED) is 0.476. The predicted molar refractivity (Wildman–Crippen MR) is 75.0 cm³/mol. The number of halogens is 1. The Balaban J connectivity index is 2.63. The van der Waals surface area contributed by atoms with Crippen molar-refractivity contribution in [1.29, 1.82) is 0 Å². The summed E-state index contributed by atoms with van der Waals surface area (Å²) < 4.78 is 4.58. The molecule has 8 heteroatoms. The molecular weight excluding hydrogens is 300 g/mol. The predicted octanol–water partition coefficient (Wildman–Crippen LogP) is 1.39. The van der Waals surface area contributed by atoms with Gasteiger partial charge < -0.3 is 9.64 Å². The fraction of sp³-hybridized carbons (Fsp3) is 0.385. The van der Waals surface area contributed by atoms with Crippen LogP contribution in [0.3, 0.4) is 0 Å². The molecule has 0 radical (unpaired) electrons. The van der Waals surface area contributed by atoms with E-state index in [4.69, 9.17) is 11.6 Å². The van der Waals surface area contributed by atoms with Gasteiger partial charge >= 0.3 is 5.97 Å². The van der Waals surface area contributed by atoms with Crippen molar-refractivity contribution in [2.24, 2.45) is 0 Å². The van der Waals surface area contributed by atoms with Gasteiger partial charge in [0.05, 0.1) is 13.5 Å².